The van der Waals surface area contributed by atoms with Gasteiger partial charge < -0.3 is 15.5 Å². The standard InChI is InChI=1S/C23H26ClN5O2S/c1-5-6-19-26-27-23-29(19)28-20(15-7-8-18(31-4)17(24)12-15)21(32-23)22(30)25-16-10-13(2)9-14(3)11-16/h7-12,20-21,28H,5-6H2,1-4H3,(H,25,30)/t20-,21-/m0/s1. The number of aromatic nitrogens is 3. The van der Waals surface area contributed by atoms with E-state index >= 15 is 0 Å². The van der Waals surface area contributed by atoms with Crippen LogP contribution in [-0.2, 0) is 11.2 Å². The molecule has 2 heterocycles. The van der Waals surface area contributed by atoms with Gasteiger partial charge in [0.2, 0.25) is 11.1 Å². The topological polar surface area (TPSA) is 81.1 Å². The number of carbonyl (C=O) groups is 1. The zero-order chi connectivity index (χ0) is 22.8. The van der Waals surface area contributed by atoms with E-state index in [1.54, 1.807) is 7.11 Å². The molecule has 0 radical (unpaired) electrons. The van der Waals surface area contributed by atoms with Gasteiger partial charge in [-0.3, -0.25) is 4.79 Å². The Labute approximate surface area is 196 Å². The van der Waals surface area contributed by atoms with Gasteiger partial charge >= 0.3 is 0 Å². The highest BCUT2D eigenvalue weighted by atomic mass is 35.5. The van der Waals surface area contributed by atoms with Gasteiger partial charge in [-0.25, -0.2) is 4.68 Å². The molecule has 2 N–H and O–H groups in total. The van der Waals surface area contributed by atoms with Gasteiger partial charge in [-0.05, 0) is 61.2 Å². The highest BCUT2D eigenvalue weighted by Gasteiger charge is 2.38. The maximum absolute atomic E-state index is 13.4. The Morgan fingerprint density at radius 2 is 1.97 bits per heavy atom. The van der Waals surface area contributed by atoms with Crippen LogP contribution < -0.4 is 15.5 Å². The first-order valence-electron chi connectivity index (χ1n) is 10.5. The summed E-state index contributed by atoms with van der Waals surface area (Å²) in [5.41, 5.74) is 7.31. The van der Waals surface area contributed by atoms with E-state index in [2.05, 4.69) is 33.9 Å². The molecule has 4 rings (SSSR count). The highest BCUT2D eigenvalue weighted by Crippen LogP contribution is 2.39. The van der Waals surface area contributed by atoms with Gasteiger partial charge in [0.1, 0.15) is 11.0 Å². The number of rotatable bonds is 6. The number of nitrogens with zero attached hydrogens (tertiary/aromatic N) is 3. The quantitative estimate of drug-likeness (QED) is 0.531. The molecule has 0 saturated heterocycles. The summed E-state index contributed by atoms with van der Waals surface area (Å²) in [6.07, 6.45) is 1.73. The fraction of sp³-hybridized carbons (Fsp3) is 0.348. The molecular formula is C23H26ClN5O2S. The van der Waals surface area contributed by atoms with Crippen LogP contribution in [0.4, 0.5) is 5.69 Å². The van der Waals surface area contributed by atoms with Gasteiger partial charge in [0, 0.05) is 12.1 Å². The summed E-state index contributed by atoms with van der Waals surface area (Å²) in [5.74, 6) is 1.32. The average molecular weight is 472 g/mol. The minimum absolute atomic E-state index is 0.115. The van der Waals surface area contributed by atoms with Crippen LogP contribution in [0.3, 0.4) is 0 Å². The zero-order valence-corrected chi connectivity index (χ0v) is 20.0. The molecule has 3 aromatic rings. The van der Waals surface area contributed by atoms with Crippen LogP contribution in [0.25, 0.3) is 0 Å². The van der Waals surface area contributed by atoms with Crippen molar-refractivity contribution in [1.82, 2.24) is 14.9 Å². The van der Waals surface area contributed by atoms with E-state index in [1.165, 1.54) is 11.8 Å². The van der Waals surface area contributed by atoms with Crippen molar-refractivity contribution in [2.75, 3.05) is 17.9 Å². The number of carbonyl (C=O) groups excluding carboxylic acids is 1. The lowest BCUT2D eigenvalue weighted by atomic mass is 10.0. The van der Waals surface area contributed by atoms with Crippen LogP contribution in [0.1, 0.15) is 41.9 Å². The van der Waals surface area contributed by atoms with Crippen molar-refractivity contribution in [3.05, 3.63) is 63.9 Å². The van der Waals surface area contributed by atoms with Gasteiger partial charge in [-0.2, -0.15) is 0 Å². The Bertz CT molecular complexity index is 1130. The second kappa shape index (κ2) is 9.42. The predicted molar refractivity (Wildman–Crippen MR) is 128 cm³/mol. The Hall–Kier alpha value is -2.71. The third kappa shape index (κ3) is 4.56. The summed E-state index contributed by atoms with van der Waals surface area (Å²) in [6, 6.07) is 11.2. The number of hydrogen-bond acceptors (Lipinski definition) is 6. The van der Waals surface area contributed by atoms with Crippen LogP contribution in [0.15, 0.2) is 41.6 Å². The van der Waals surface area contributed by atoms with E-state index in [-0.39, 0.29) is 11.9 Å². The van der Waals surface area contributed by atoms with Gasteiger partial charge in [0.15, 0.2) is 5.82 Å². The molecular weight excluding hydrogens is 446 g/mol. The van der Waals surface area contributed by atoms with Gasteiger partial charge in [-0.1, -0.05) is 42.4 Å². The van der Waals surface area contributed by atoms with Crippen molar-refractivity contribution in [2.24, 2.45) is 0 Å². The van der Waals surface area contributed by atoms with Crippen LogP contribution in [0, 0.1) is 13.8 Å². The molecule has 1 amide bonds. The maximum atomic E-state index is 13.4. The molecule has 1 aliphatic rings. The molecule has 1 aromatic heterocycles. The SMILES string of the molecule is CCCc1nnc2n1N[C@@H](c1ccc(OC)c(Cl)c1)[C@@H](C(=O)Nc1cc(C)cc(C)c1)S2. The molecule has 1 aliphatic heterocycles. The molecule has 9 heteroatoms. The number of aryl methyl sites for hydroxylation is 3. The van der Waals surface area contributed by atoms with Crippen molar-refractivity contribution < 1.29 is 9.53 Å². The first-order valence-corrected chi connectivity index (χ1v) is 11.8. The molecule has 168 valence electrons. The fourth-order valence-corrected chi connectivity index (χ4v) is 5.24. The number of methoxy groups -OCH3 is 1. The monoisotopic (exact) mass is 471 g/mol. The number of thioether (sulfide) groups is 1. The average Bonchev–Trinajstić information content (AvgIpc) is 3.14. The number of amides is 1. The lowest BCUT2D eigenvalue weighted by molar-refractivity contribution is -0.116. The maximum Gasteiger partial charge on any atom is 0.240 e. The molecule has 2 aromatic carbocycles. The molecule has 0 aliphatic carbocycles. The first kappa shape index (κ1) is 22.5. The lowest BCUT2D eigenvalue weighted by Gasteiger charge is -2.33. The highest BCUT2D eigenvalue weighted by molar-refractivity contribution is 8.00. The van der Waals surface area contributed by atoms with E-state index in [0.717, 1.165) is 41.0 Å². The summed E-state index contributed by atoms with van der Waals surface area (Å²) in [7, 11) is 1.58. The number of hydrogen-bond donors (Lipinski definition) is 2. The number of nitrogens with one attached hydrogen (secondary N) is 2. The summed E-state index contributed by atoms with van der Waals surface area (Å²) in [5, 5.41) is 12.4. The minimum atomic E-state index is -0.480. The normalized spacial score (nSPS) is 17.4. The summed E-state index contributed by atoms with van der Waals surface area (Å²) >= 11 is 7.81. The van der Waals surface area contributed by atoms with Crippen molar-refractivity contribution >= 4 is 35.0 Å². The smallest absolute Gasteiger partial charge is 0.240 e. The number of ether oxygens (including phenoxy) is 1. The van der Waals surface area contributed by atoms with Gasteiger partial charge in [0.25, 0.3) is 0 Å². The van der Waals surface area contributed by atoms with E-state index in [9.17, 15) is 4.79 Å². The van der Waals surface area contributed by atoms with E-state index in [0.29, 0.717) is 15.9 Å². The summed E-state index contributed by atoms with van der Waals surface area (Å²) in [6.45, 7) is 6.12. The number of benzene rings is 2. The minimum Gasteiger partial charge on any atom is -0.495 e. The zero-order valence-electron chi connectivity index (χ0n) is 18.5. The van der Waals surface area contributed by atoms with Crippen LogP contribution in [-0.4, -0.2) is 33.1 Å². The predicted octanol–water partition coefficient (Wildman–Crippen LogP) is 4.91. The second-order valence-corrected chi connectivity index (χ2v) is 9.40. The van der Waals surface area contributed by atoms with E-state index in [4.69, 9.17) is 16.3 Å². The van der Waals surface area contributed by atoms with Crippen LogP contribution >= 0.6 is 23.4 Å². The molecule has 0 spiro atoms. The Morgan fingerprint density at radius 3 is 2.62 bits per heavy atom. The largest absolute Gasteiger partial charge is 0.495 e. The molecule has 0 saturated carbocycles. The number of fused-ring (bicyclic) bond motifs is 1. The van der Waals surface area contributed by atoms with Gasteiger partial charge in [0.05, 0.1) is 18.2 Å². The van der Waals surface area contributed by atoms with Crippen LogP contribution in [0.5, 0.6) is 5.75 Å². The summed E-state index contributed by atoms with van der Waals surface area (Å²) in [4.78, 5) is 13.4. The molecule has 0 fully saturated rings. The molecule has 32 heavy (non-hydrogen) atoms. The third-order valence-electron chi connectivity index (χ3n) is 5.26. The van der Waals surface area contributed by atoms with E-state index in [1.807, 2.05) is 48.9 Å². The summed E-state index contributed by atoms with van der Waals surface area (Å²) < 4.78 is 7.18. The Balaban J connectivity index is 1.69. The molecule has 0 unspecified atom stereocenters. The Kier molecular flexibility index (Phi) is 6.62. The van der Waals surface area contributed by atoms with Crippen molar-refractivity contribution in [3.8, 4) is 5.75 Å². The molecule has 0 bridgehead atoms. The van der Waals surface area contributed by atoms with Crippen molar-refractivity contribution in [2.45, 2.75) is 50.1 Å². The lowest BCUT2D eigenvalue weighted by Crippen LogP contribution is -2.41. The van der Waals surface area contributed by atoms with Crippen molar-refractivity contribution in [3.63, 3.8) is 0 Å². The fourth-order valence-electron chi connectivity index (χ4n) is 3.87. The second-order valence-electron chi connectivity index (χ2n) is 7.89. The Morgan fingerprint density at radius 1 is 1.22 bits per heavy atom. The third-order valence-corrected chi connectivity index (χ3v) is 6.77. The van der Waals surface area contributed by atoms with E-state index < -0.39 is 5.25 Å². The number of halogens is 1. The van der Waals surface area contributed by atoms with Crippen LogP contribution in [0.2, 0.25) is 5.02 Å². The first-order chi connectivity index (χ1) is 15.4. The molecule has 2 atom stereocenters. The van der Waals surface area contributed by atoms with Crippen molar-refractivity contribution in [1.29, 1.82) is 0 Å². The number of anilines is 1. The van der Waals surface area contributed by atoms with Gasteiger partial charge in [-0.15, -0.1) is 10.2 Å². The molecule has 7 nitrogen and oxygen atoms in total.